The monoisotopic (exact) mass is 530 g/mol. The van der Waals surface area contributed by atoms with Crippen molar-refractivity contribution in [1.82, 2.24) is 0 Å². The van der Waals surface area contributed by atoms with Crippen LogP contribution in [-0.2, 0) is 20.9 Å². The first-order valence-corrected chi connectivity index (χ1v) is 13.6. The number of hydrogen-bond donors (Lipinski definition) is 1. The van der Waals surface area contributed by atoms with Gasteiger partial charge in [-0.15, -0.1) is 0 Å². The van der Waals surface area contributed by atoms with E-state index in [0.29, 0.717) is 6.54 Å². The second-order valence-electron chi connectivity index (χ2n) is 9.24. The SMILES string of the molecule is CC.CNc1ccc(-c2ccc(CN(C(=O)C3CCCCC3)c3cccc(/C=C/C(=O)OC)c3)cc2)cc1.O. The van der Waals surface area contributed by atoms with Crippen LogP contribution in [0, 0.1) is 5.92 Å². The minimum atomic E-state index is -0.406. The number of methoxy groups -OCH3 is 1. The Balaban J connectivity index is 0.00000174. The van der Waals surface area contributed by atoms with Crippen LogP contribution in [0.25, 0.3) is 17.2 Å². The van der Waals surface area contributed by atoms with E-state index in [0.717, 1.165) is 59.3 Å². The van der Waals surface area contributed by atoms with Gasteiger partial charge in [0.25, 0.3) is 0 Å². The van der Waals surface area contributed by atoms with E-state index in [1.807, 2.05) is 50.1 Å². The quantitative estimate of drug-likeness (QED) is 0.253. The number of benzene rings is 3. The Kier molecular flexibility index (Phi) is 13.0. The second-order valence-corrected chi connectivity index (χ2v) is 9.24. The van der Waals surface area contributed by atoms with Gasteiger partial charge >= 0.3 is 5.97 Å². The molecule has 0 radical (unpaired) electrons. The molecule has 6 nitrogen and oxygen atoms in total. The molecule has 1 aliphatic carbocycles. The molecule has 1 aliphatic rings. The number of carbonyl (C=O) groups excluding carboxylic acids is 2. The van der Waals surface area contributed by atoms with Gasteiger partial charge in [0.1, 0.15) is 0 Å². The highest BCUT2D eigenvalue weighted by Gasteiger charge is 2.27. The van der Waals surface area contributed by atoms with Gasteiger partial charge in [-0.2, -0.15) is 0 Å². The van der Waals surface area contributed by atoms with E-state index in [4.69, 9.17) is 4.74 Å². The first kappa shape index (κ1) is 31.3. The van der Waals surface area contributed by atoms with Gasteiger partial charge in [0.2, 0.25) is 5.91 Å². The molecule has 4 rings (SSSR count). The fourth-order valence-electron chi connectivity index (χ4n) is 4.71. The molecule has 0 heterocycles. The minimum absolute atomic E-state index is 0. The van der Waals surface area contributed by atoms with Gasteiger partial charge < -0.3 is 20.4 Å². The molecule has 0 spiro atoms. The van der Waals surface area contributed by atoms with Crippen molar-refractivity contribution in [2.75, 3.05) is 24.4 Å². The number of nitrogens with one attached hydrogen (secondary N) is 1. The van der Waals surface area contributed by atoms with Crippen LogP contribution in [0.3, 0.4) is 0 Å². The molecule has 0 unspecified atom stereocenters. The number of esters is 1. The van der Waals surface area contributed by atoms with Crippen molar-refractivity contribution in [3.8, 4) is 11.1 Å². The van der Waals surface area contributed by atoms with Crippen LogP contribution >= 0.6 is 0 Å². The van der Waals surface area contributed by atoms with Crippen molar-refractivity contribution in [3.05, 3.63) is 90.0 Å². The lowest BCUT2D eigenvalue weighted by atomic mass is 9.88. The molecule has 3 N–H and O–H groups in total. The van der Waals surface area contributed by atoms with Gasteiger partial charge in [-0.1, -0.05) is 81.6 Å². The van der Waals surface area contributed by atoms with Crippen LogP contribution in [0.2, 0.25) is 0 Å². The van der Waals surface area contributed by atoms with E-state index in [2.05, 4.69) is 53.8 Å². The summed E-state index contributed by atoms with van der Waals surface area (Å²) >= 11 is 0. The molecule has 3 aromatic rings. The predicted molar refractivity (Wildman–Crippen MR) is 162 cm³/mol. The van der Waals surface area contributed by atoms with E-state index >= 15 is 0 Å². The maximum absolute atomic E-state index is 13.7. The molecule has 208 valence electrons. The molecule has 0 aliphatic heterocycles. The highest BCUT2D eigenvalue weighted by Crippen LogP contribution is 2.30. The lowest BCUT2D eigenvalue weighted by molar-refractivity contribution is -0.134. The fourth-order valence-corrected chi connectivity index (χ4v) is 4.71. The van der Waals surface area contributed by atoms with Crippen molar-refractivity contribution in [2.24, 2.45) is 5.92 Å². The molecule has 0 saturated heterocycles. The molecule has 6 heteroatoms. The summed E-state index contributed by atoms with van der Waals surface area (Å²) in [4.78, 5) is 27.2. The first-order valence-electron chi connectivity index (χ1n) is 13.6. The van der Waals surface area contributed by atoms with Crippen molar-refractivity contribution in [2.45, 2.75) is 52.5 Å². The standard InChI is InChI=1S/C31H34N2O3.C2H6.H2O/c1-32-28-18-16-26(17-19-28)25-14-11-24(12-15-25)22-33(31(35)27-8-4-3-5-9-27)29-10-6-7-23(21-29)13-20-30(34)36-2;1-2;/h6-7,10-21,27,32H,3-5,8-9,22H2,1-2H3;1-2H3;1H2/b20-13+;;. The van der Waals surface area contributed by atoms with E-state index in [1.165, 1.54) is 19.6 Å². The number of ether oxygens (including phenoxy) is 1. The van der Waals surface area contributed by atoms with Crippen molar-refractivity contribution in [1.29, 1.82) is 0 Å². The summed E-state index contributed by atoms with van der Waals surface area (Å²) in [6.07, 6.45) is 8.41. The van der Waals surface area contributed by atoms with Crippen LogP contribution in [0.1, 0.15) is 57.1 Å². The molecule has 0 bridgehead atoms. The van der Waals surface area contributed by atoms with E-state index in [-0.39, 0.29) is 17.3 Å². The Hall–Kier alpha value is -3.90. The van der Waals surface area contributed by atoms with Crippen LogP contribution in [0.5, 0.6) is 0 Å². The van der Waals surface area contributed by atoms with Gasteiger partial charge in [-0.05, 0) is 65.4 Å². The maximum atomic E-state index is 13.7. The number of amides is 1. The zero-order valence-electron chi connectivity index (χ0n) is 23.6. The molecule has 1 fully saturated rings. The second kappa shape index (κ2) is 16.1. The minimum Gasteiger partial charge on any atom is -0.466 e. The largest absolute Gasteiger partial charge is 0.466 e. The highest BCUT2D eigenvalue weighted by atomic mass is 16.5. The average Bonchev–Trinajstić information content (AvgIpc) is 3.00. The fraction of sp³-hybridized carbons (Fsp3) is 0.333. The molecule has 39 heavy (non-hydrogen) atoms. The number of rotatable bonds is 8. The Morgan fingerprint density at radius 1 is 0.923 bits per heavy atom. The number of hydrogen-bond acceptors (Lipinski definition) is 4. The van der Waals surface area contributed by atoms with Crippen molar-refractivity contribution < 1.29 is 19.8 Å². The summed E-state index contributed by atoms with van der Waals surface area (Å²) in [7, 11) is 3.27. The molecule has 1 saturated carbocycles. The zero-order chi connectivity index (χ0) is 27.3. The summed E-state index contributed by atoms with van der Waals surface area (Å²) < 4.78 is 4.71. The summed E-state index contributed by atoms with van der Waals surface area (Å²) in [6, 6.07) is 24.5. The van der Waals surface area contributed by atoms with Gasteiger partial charge in [0, 0.05) is 30.4 Å². The molecular weight excluding hydrogens is 488 g/mol. The van der Waals surface area contributed by atoms with Crippen LogP contribution in [0.4, 0.5) is 11.4 Å². The normalized spacial score (nSPS) is 13.0. The van der Waals surface area contributed by atoms with Crippen LogP contribution in [-0.4, -0.2) is 31.5 Å². The van der Waals surface area contributed by atoms with Gasteiger partial charge in [0.15, 0.2) is 0 Å². The summed E-state index contributed by atoms with van der Waals surface area (Å²) in [5.41, 5.74) is 6.13. The summed E-state index contributed by atoms with van der Waals surface area (Å²) in [5, 5.41) is 3.15. The zero-order valence-corrected chi connectivity index (χ0v) is 23.6. The lowest BCUT2D eigenvalue weighted by Gasteiger charge is -2.30. The third-order valence-corrected chi connectivity index (χ3v) is 6.82. The molecular formula is C33H42N2O4. The van der Waals surface area contributed by atoms with Gasteiger partial charge in [0.05, 0.1) is 13.7 Å². The Morgan fingerprint density at radius 3 is 2.13 bits per heavy atom. The summed E-state index contributed by atoms with van der Waals surface area (Å²) in [5.74, 6) is -0.176. The predicted octanol–water partition coefficient (Wildman–Crippen LogP) is 6.90. The molecule has 0 aromatic heterocycles. The third-order valence-electron chi connectivity index (χ3n) is 6.82. The Morgan fingerprint density at radius 2 is 1.54 bits per heavy atom. The molecule has 0 atom stereocenters. The Bertz CT molecular complexity index is 1200. The average molecular weight is 531 g/mol. The number of carbonyl (C=O) groups is 2. The lowest BCUT2D eigenvalue weighted by Crippen LogP contribution is -2.36. The summed E-state index contributed by atoms with van der Waals surface area (Å²) in [6.45, 7) is 4.50. The van der Waals surface area contributed by atoms with Gasteiger partial charge in [-0.3, -0.25) is 4.79 Å². The molecule has 1 amide bonds. The number of anilines is 2. The van der Waals surface area contributed by atoms with E-state index in [9.17, 15) is 9.59 Å². The van der Waals surface area contributed by atoms with Crippen molar-refractivity contribution >= 4 is 29.3 Å². The van der Waals surface area contributed by atoms with Crippen molar-refractivity contribution in [3.63, 3.8) is 0 Å². The van der Waals surface area contributed by atoms with Crippen LogP contribution in [0.15, 0.2) is 78.9 Å². The number of nitrogens with zero attached hydrogens (tertiary/aromatic N) is 1. The third kappa shape index (κ3) is 8.82. The first-order chi connectivity index (χ1) is 18.6. The van der Waals surface area contributed by atoms with E-state index < -0.39 is 5.97 Å². The van der Waals surface area contributed by atoms with Crippen LogP contribution < -0.4 is 10.2 Å². The Labute approximate surface area is 233 Å². The van der Waals surface area contributed by atoms with E-state index in [1.54, 1.807) is 6.08 Å². The van der Waals surface area contributed by atoms with Gasteiger partial charge in [-0.25, -0.2) is 4.79 Å². The molecule has 3 aromatic carbocycles. The smallest absolute Gasteiger partial charge is 0.330 e. The topological polar surface area (TPSA) is 90.1 Å². The highest BCUT2D eigenvalue weighted by molar-refractivity contribution is 5.95. The maximum Gasteiger partial charge on any atom is 0.330 e.